The van der Waals surface area contributed by atoms with E-state index in [1.807, 2.05) is 55.5 Å². The molecule has 0 fully saturated rings. The van der Waals surface area contributed by atoms with Gasteiger partial charge in [-0.1, -0.05) is 24.3 Å². The zero-order valence-corrected chi connectivity index (χ0v) is 12.1. The highest BCUT2D eigenvalue weighted by molar-refractivity contribution is 5.84. The third kappa shape index (κ3) is 2.73. The van der Waals surface area contributed by atoms with Crippen molar-refractivity contribution in [1.82, 2.24) is 4.98 Å². The molecule has 1 heterocycles. The van der Waals surface area contributed by atoms with Crippen LogP contribution in [-0.2, 0) is 0 Å². The number of fused-ring (bicyclic) bond motifs is 1. The zero-order chi connectivity index (χ0) is 14.8. The molecule has 0 aliphatic carbocycles. The summed E-state index contributed by atoms with van der Waals surface area (Å²) < 4.78 is 5.22. The lowest BCUT2D eigenvalue weighted by molar-refractivity contribution is 0.220. The van der Waals surface area contributed by atoms with E-state index < -0.39 is 6.10 Å². The van der Waals surface area contributed by atoms with Crippen LogP contribution in [0.3, 0.4) is 0 Å². The number of hydrogen-bond acceptors (Lipinski definition) is 3. The molecule has 0 saturated heterocycles. The van der Waals surface area contributed by atoms with Gasteiger partial charge in [-0.15, -0.1) is 0 Å². The molecule has 106 valence electrons. The number of aromatic nitrogens is 1. The first-order chi connectivity index (χ1) is 10.2. The number of aryl methyl sites for hydroxylation is 1. The first-order valence-corrected chi connectivity index (χ1v) is 6.86. The summed E-state index contributed by atoms with van der Waals surface area (Å²) in [6.45, 7) is 1.93. The summed E-state index contributed by atoms with van der Waals surface area (Å²) in [4.78, 5) is 4.23. The third-order valence-corrected chi connectivity index (χ3v) is 3.64. The minimum Gasteiger partial charge on any atom is -0.497 e. The van der Waals surface area contributed by atoms with Crippen molar-refractivity contribution in [2.45, 2.75) is 13.0 Å². The van der Waals surface area contributed by atoms with Crippen LogP contribution in [0.5, 0.6) is 5.75 Å². The van der Waals surface area contributed by atoms with Crippen LogP contribution < -0.4 is 4.74 Å². The van der Waals surface area contributed by atoms with E-state index >= 15 is 0 Å². The molecule has 0 aliphatic heterocycles. The topological polar surface area (TPSA) is 42.4 Å². The lowest BCUT2D eigenvalue weighted by atomic mass is 9.99. The molecule has 2 aromatic carbocycles. The first-order valence-electron chi connectivity index (χ1n) is 6.86. The number of methoxy groups -OCH3 is 1. The van der Waals surface area contributed by atoms with E-state index in [9.17, 15) is 5.11 Å². The molecule has 3 heteroatoms. The molecular formula is C18H17NO2. The number of nitrogens with zero attached hydrogens (tertiary/aromatic N) is 1. The maximum atomic E-state index is 10.5. The maximum absolute atomic E-state index is 10.5. The molecule has 21 heavy (non-hydrogen) atoms. The van der Waals surface area contributed by atoms with Crippen LogP contribution >= 0.6 is 0 Å². The Morgan fingerprint density at radius 3 is 2.38 bits per heavy atom. The third-order valence-electron chi connectivity index (χ3n) is 3.64. The minimum absolute atomic E-state index is 0.662. The average molecular weight is 279 g/mol. The number of rotatable bonds is 3. The highest BCUT2D eigenvalue weighted by Gasteiger charge is 2.11. The van der Waals surface area contributed by atoms with Crippen molar-refractivity contribution in [1.29, 1.82) is 0 Å². The molecule has 0 radical (unpaired) electrons. The lowest BCUT2D eigenvalue weighted by Gasteiger charge is -2.12. The Balaban J connectivity index is 1.98. The minimum atomic E-state index is -0.662. The van der Waals surface area contributed by atoms with Crippen LogP contribution in [0.15, 0.2) is 54.7 Å². The summed E-state index contributed by atoms with van der Waals surface area (Å²) in [5.74, 6) is 0.832. The molecule has 0 aliphatic rings. The molecule has 3 aromatic rings. The van der Waals surface area contributed by atoms with E-state index in [4.69, 9.17) is 4.74 Å². The fourth-order valence-electron chi connectivity index (χ4n) is 2.37. The predicted octanol–water partition coefficient (Wildman–Crippen LogP) is 3.63. The van der Waals surface area contributed by atoms with E-state index in [0.717, 1.165) is 33.3 Å². The monoisotopic (exact) mass is 279 g/mol. The van der Waals surface area contributed by atoms with Crippen LogP contribution in [0.1, 0.15) is 22.9 Å². The van der Waals surface area contributed by atoms with Gasteiger partial charge < -0.3 is 9.84 Å². The first kappa shape index (κ1) is 13.6. The summed E-state index contributed by atoms with van der Waals surface area (Å²) >= 11 is 0. The van der Waals surface area contributed by atoms with Gasteiger partial charge in [-0.05, 0) is 47.5 Å². The van der Waals surface area contributed by atoms with Gasteiger partial charge in [0.05, 0.1) is 7.11 Å². The van der Waals surface area contributed by atoms with Gasteiger partial charge in [0.2, 0.25) is 0 Å². The molecular weight excluding hydrogens is 262 g/mol. The van der Waals surface area contributed by atoms with Crippen molar-refractivity contribution in [2.24, 2.45) is 0 Å². The Labute approximate surface area is 123 Å². The quantitative estimate of drug-likeness (QED) is 0.796. The van der Waals surface area contributed by atoms with E-state index in [1.54, 1.807) is 13.3 Å². The molecule has 1 aromatic heterocycles. The van der Waals surface area contributed by atoms with Crippen molar-refractivity contribution in [3.8, 4) is 5.75 Å². The van der Waals surface area contributed by atoms with Gasteiger partial charge in [0.15, 0.2) is 0 Å². The van der Waals surface area contributed by atoms with Crippen molar-refractivity contribution in [3.63, 3.8) is 0 Å². The van der Waals surface area contributed by atoms with Crippen molar-refractivity contribution < 1.29 is 9.84 Å². The standard InChI is InChI=1S/C18H17NO2/c1-12-3-4-16(11-19-12)18(20)15-6-5-14-10-17(21-2)8-7-13(14)9-15/h3-11,18,20H,1-2H3. The number of hydrogen-bond donors (Lipinski definition) is 1. The Bertz CT molecular complexity index is 766. The number of pyridine rings is 1. The maximum Gasteiger partial charge on any atom is 0.119 e. The van der Waals surface area contributed by atoms with Gasteiger partial charge in [0.1, 0.15) is 11.9 Å². The fraction of sp³-hybridized carbons (Fsp3) is 0.167. The smallest absolute Gasteiger partial charge is 0.119 e. The number of benzene rings is 2. The van der Waals surface area contributed by atoms with Crippen molar-refractivity contribution in [3.05, 3.63) is 71.5 Å². The van der Waals surface area contributed by atoms with Gasteiger partial charge in [-0.25, -0.2) is 0 Å². The summed E-state index contributed by atoms with van der Waals surface area (Å²) in [7, 11) is 1.66. The van der Waals surface area contributed by atoms with E-state index in [1.165, 1.54) is 0 Å². The van der Waals surface area contributed by atoms with E-state index in [0.29, 0.717) is 0 Å². The lowest BCUT2D eigenvalue weighted by Crippen LogP contribution is -2.00. The molecule has 1 N–H and O–H groups in total. The molecule has 0 saturated carbocycles. The second-order valence-corrected chi connectivity index (χ2v) is 5.11. The molecule has 1 atom stereocenters. The normalized spacial score (nSPS) is 12.3. The number of aliphatic hydroxyl groups excluding tert-OH is 1. The van der Waals surface area contributed by atoms with Crippen LogP contribution in [-0.4, -0.2) is 17.2 Å². The number of aliphatic hydroxyl groups is 1. The van der Waals surface area contributed by atoms with Crippen molar-refractivity contribution >= 4 is 10.8 Å². The predicted molar refractivity (Wildman–Crippen MR) is 83.5 cm³/mol. The molecule has 3 nitrogen and oxygen atoms in total. The average Bonchev–Trinajstić information content (AvgIpc) is 2.54. The Hall–Kier alpha value is -2.39. The Kier molecular flexibility index (Phi) is 3.59. The zero-order valence-electron chi connectivity index (χ0n) is 12.1. The summed E-state index contributed by atoms with van der Waals surface area (Å²) in [6.07, 6.45) is 1.06. The molecule has 3 rings (SSSR count). The van der Waals surface area contributed by atoms with Gasteiger partial charge >= 0.3 is 0 Å². The summed E-state index contributed by atoms with van der Waals surface area (Å²) in [5, 5.41) is 12.6. The second kappa shape index (κ2) is 5.54. The molecule has 0 amide bonds. The second-order valence-electron chi connectivity index (χ2n) is 5.11. The highest BCUT2D eigenvalue weighted by Crippen LogP contribution is 2.27. The SMILES string of the molecule is COc1ccc2cc(C(O)c3ccc(C)nc3)ccc2c1. The van der Waals surface area contributed by atoms with Gasteiger partial charge in [0.25, 0.3) is 0 Å². The van der Waals surface area contributed by atoms with Gasteiger partial charge in [0, 0.05) is 17.5 Å². The Morgan fingerprint density at radius 1 is 0.952 bits per heavy atom. The molecule has 1 unspecified atom stereocenters. The van der Waals surface area contributed by atoms with Crippen LogP contribution in [0, 0.1) is 6.92 Å². The number of ether oxygens (including phenoxy) is 1. The largest absolute Gasteiger partial charge is 0.497 e. The Morgan fingerprint density at radius 2 is 1.67 bits per heavy atom. The van der Waals surface area contributed by atoms with Crippen LogP contribution in [0.25, 0.3) is 10.8 Å². The van der Waals surface area contributed by atoms with Gasteiger partial charge in [-0.2, -0.15) is 0 Å². The van der Waals surface area contributed by atoms with Crippen molar-refractivity contribution in [2.75, 3.05) is 7.11 Å². The molecule has 0 spiro atoms. The van der Waals surface area contributed by atoms with E-state index in [2.05, 4.69) is 4.98 Å². The summed E-state index contributed by atoms with van der Waals surface area (Å²) in [5.41, 5.74) is 2.60. The van der Waals surface area contributed by atoms with Crippen LogP contribution in [0.4, 0.5) is 0 Å². The highest BCUT2D eigenvalue weighted by atomic mass is 16.5. The summed E-state index contributed by atoms with van der Waals surface area (Å²) in [6, 6.07) is 15.7. The fourth-order valence-corrected chi connectivity index (χ4v) is 2.37. The van der Waals surface area contributed by atoms with E-state index in [-0.39, 0.29) is 0 Å². The van der Waals surface area contributed by atoms with Crippen LogP contribution in [0.2, 0.25) is 0 Å². The van der Waals surface area contributed by atoms with Gasteiger partial charge in [-0.3, -0.25) is 4.98 Å². The molecule has 0 bridgehead atoms.